The minimum atomic E-state index is -2.45. The average Bonchev–Trinajstić information content (AvgIpc) is 2.29. The van der Waals surface area contributed by atoms with Crippen LogP contribution < -0.4 is 0 Å². The zero-order valence-electron chi connectivity index (χ0n) is 10.9. The summed E-state index contributed by atoms with van der Waals surface area (Å²) in [6.45, 7) is 3.77. The number of carbonyl (C=O) groups is 1. The summed E-state index contributed by atoms with van der Waals surface area (Å²) in [6.07, 6.45) is 2.75. The lowest BCUT2D eigenvalue weighted by atomic mass is 9.93. The number of ketones is 1. The molecule has 0 fully saturated rings. The van der Waals surface area contributed by atoms with Gasteiger partial charge in [0.1, 0.15) is 12.4 Å². The number of halogens is 2. The second-order valence-electron chi connectivity index (χ2n) is 4.38. The fourth-order valence-electron chi connectivity index (χ4n) is 1.73. The van der Waals surface area contributed by atoms with Crippen LogP contribution in [-0.4, -0.2) is 25.4 Å². The summed E-state index contributed by atoms with van der Waals surface area (Å²) in [5.74, 6) is 0.569. The third-order valence-electron chi connectivity index (χ3n) is 2.83. The van der Waals surface area contributed by atoms with Crippen molar-refractivity contribution in [3.05, 3.63) is 0 Å². The van der Waals surface area contributed by atoms with Crippen molar-refractivity contribution in [1.82, 2.24) is 0 Å². The first-order chi connectivity index (χ1) is 8.10. The molecule has 0 amide bonds. The fraction of sp³-hybridized carbons (Fsp3) is 0.923. The highest BCUT2D eigenvalue weighted by Crippen LogP contribution is 2.17. The fourth-order valence-corrected chi connectivity index (χ4v) is 1.73. The Balaban J connectivity index is 3.60. The lowest BCUT2D eigenvalue weighted by Crippen LogP contribution is -2.12. The van der Waals surface area contributed by atoms with Gasteiger partial charge in [0.25, 0.3) is 6.43 Å². The quantitative estimate of drug-likeness (QED) is 0.521. The number of hydrogen-bond donors (Lipinski definition) is 0. The van der Waals surface area contributed by atoms with E-state index in [1.807, 2.05) is 0 Å². The smallest absolute Gasteiger partial charge is 0.261 e. The molecule has 0 saturated carbocycles. The van der Waals surface area contributed by atoms with Crippen molar-refractivity contribution >= 4 is 5.78 Å². The van der Waals surface area contributed by atoms with Gasteiger partial charge in [-0.1, -0.05) is 39.5 Å². The zero-order chi connectivity index (χ0) is 13.1. The van der Waals surface area contributed by atoms with Gasteiger partial charge in [-0.3, -0.25) is 4.79 Å². The van der Waals surface area contributed by atoms with Crippen molar-refractivity contribution in [2.24, 2.45) is 5.92 Å². The standard InChI is InChI=1S/C13H24F2O2/c1-3-5-6-11(4-2)9-12(16)7-8-17-10-13(14)15/h11,13H,3-10H2,1-2H3. The lowest BCUT2D eigenvalue weighted by molar-refractivity contribution is -0.121. The molecule has 0 bridgehead atoms. The van der Waals surface area contributed by atoms with E-state index in [1.165, 1.54) is 0 Å². The van der Waals surface area contributed by atoms with E-state index >= 15 is 0 Å². The Kier molecular flexibility index (Phi) is 10.3. The molecule has 0 aromatic heterocycles. The highest BCUT2D eigenvalue weighted by Gasteiger charge is 2.12. The molecule has 0 aliphatic carbocycles. The first-order valence-electron chi connectivity index (χ1n) is 6.47. The first kappa shape index (κ1) is 16.5. The molecule has 0 saturated heterocycles. The molecule has 0 spiro atoms. The number of rotatable bonds is 11. The molecule has 0 radical (unpaired) electrons. The van der Waals surface area contributed by atoms with Crippen LogP contribution in [0.1, 0.15) is 52.4 Å². The Labute approximate surface area is 103 Å². The van der Waals surface area contributed by atoms with Gasteiger partial charge in [0.15, 0.2) is 0 Å². The SMILES string of the molecule is CCCCC(CC)CC(=O)CCOCC(F)F. The minimum Gasteiger partial charge on any atom is -0.375 e. The van der Waals surface area contributed by atoms with Crippen molar-refractivity contribution in [3.8, 4) is 0 Å². The maximum absolute atomic E-state index is 11.8. The highest BCUT2D eigenvalue weighted by atomic mass is 19.3. The van der Waals surface area contributed by atoms with E-state index in [-0.39, 0.29) is 18.8 Å². The molecule has 2 nitrogen and oxygen atoms in total. The maximum Gasteiger partial charge on any atom is 0.261 e. The molecule has 0 aromatic carbocycles. The average molecular weight is 250 g/mol. The van der Waals surface area contributed by atoms with Gasteiger partial charge in [-0.05, 0) is 5.92 Å². The van der Waals surface area contributed by atoms with Crippen molar-refractivity contribution in [1.29, 1.82) is 0 Å². The molecule has 0 aliphatic rings. The van der Waals surface area contributed by atoms with Gasteiger partial charge in [0, 0.05) is 12.8 Å². The second-order valence-corrected chi connectivity index (χ2v) is 4.38. The summed E-state index contributed by atoms with van der Waals surface area (Å²) >= 11 is 0. The van der Waals surface area contributed by atoms with Gasteiger partial charge in [-0.25, -0.2) is 8.78 Å². The summed E-state index contributed by atoms with van der Waals surface area (Å²) in [6, 6.07) is 0. The normalized spacial score (nSPS) is 13.0. The number of carbonyl (C=O) groups excluding carboxylic acids is 1. The molecular weight excluding hydrogens is 226 g/mol. The topological polar surface area (TPSA) is 26.3 Å². The van der Waals surface area contributed by atoms with Gasteiger partial charge < -0.3 is 4.74 Å². The van der Waals surface area contributed by atoms with Crippen LogP contribution in [0.15, 0.2) is 0 Å². The Morgan fingerprint density at radius 2 is 2.00 bits per heavy atom. The lowest BCUT2D eigenvalue weighted by Gasteiger charge is -2.13. The van der Waals surface area contributed by atoms with E-state index in [4.69, 9.17) is 4.74 Å². The number of hydrogen-bond acceptors (Lipinski definition) is 2. The Hall–Kier alpha value is -0.510. The number of unbranched alkanes of at least 4 members (excludes halogenated alkanes) is 1. The van der Waals surface area contributed by atoms with Crippen LogP contribution in [0.4, 0.5) is 8.78 Å². The monoisotopic (exact) mass is 250 g/mol. The Morgan fingerprint density at radius 1 is 1.29 bits per heavy atom. The van der Waals surface area contributed by atoms with E-state index < -0.39 is 13.0 Å². The summed E-state index contributed by atoms with van der Waals surface area (Å²) in [5.41, 5.74) is 0. The zero-order valence-corrected chi connectivity index (χ0v) is 10.9. The number of Topliss-reactive ketones (excluding diaryl/α,β-unsaturated/α-hetero) is 1. The van der Waals surface area contributed by atoms with Crippen molar-refractivity contribution < 1.29 is 18.3 Å². The van der Waals surface area contributed by atoms with E-state index in [2.05, 4.69) is 13.8 Å². The van der Waals surface area contributed by atoms with Gasteiger partial charge in [0.05, 0.1) is 6.61 Å². The van der Waals surface area contributed by atoms with Gasteiger partial charge >= 0.3 is 0 Å². The Morgan fingerprint density at radius 3 is 2.53 bits per heavy atom. The molecule has 17 heavy (non-hydrogen) atoms. The van der Waals surface area contributed by atoms with Crippen LogP contribution >= 0.6 is 0 Å². The van der Waals surface area contributed by atoms with E-state index in [9.17, 15) is 13.6 Å². The predicted molar refractivity (Wildman–Crippen MR) is 64.4 cm³/mol. The molecular formula is C13H24F2O2. The van der Waals surface area contributed by atoms with Gasteiger partial charge in [-0.15, -0.1) is 0 Å². The van der Waals surface area contributed by atoms with Crippen LogP contribution in [0, 0.1) is 5.92 Å². The minimum absolute atomic E-state index is 0.118. The molecule has 1 unspecified atom stereocenters. The predicted octanol–water partition coefficient (Wildman–Crippen LogP) is 3.83. The van der Waals surface area contributed by atoms with Gasteiger partial charge in [-0.2, -0.15) is 0 Å². The van der Waals surface area contributed by atoms with Crippen LogP contribution in [0.2, 0.25) is 0 Å². The molecule has 0 rings (SSSR count). The van der Waals surface area contributed by atoms with E-state index in [1.54, 1.807) is 0 Å². The Bertz CT molecular complexity index is 196. The number of alkyl halides is 2. The third kappa shape index (κ3) is 10.4. The molecule has 0 N–H and O–H groups in total. The summed E-state index contributed by atoms with van der Waals surface area (Å²) in [5, 5.41) is 0. The van der Waals surface area contributed by atoms with Crippen LogP contribution in [0.5, 0.6) is 0 Å². The molecule has 1 atom stereocenters. The highest BCUT2D eigenvalue weighted by molar-refractivity contribution is 5.78. The van der Waals surface area contributed by atoms with Crippen molar-refractivity contribution in [2.75, 3.05) is 13.2 Å². The van der Waals surface area contributed by atoms with E-state index in [0.717, 1.165) is 25.7 Å². The largest absolute Gasteiger partial charge is 0.375 e. The molecule has 0 aromatic rings. The van der Waals surface area contributed by atoms with Crippen LogP contribution in [-0.2, 0) is 9.53 Å². The van der Waals surface area contributed by atoms with Crippen LogP contribution in [0.3, 0.4) is 0 Å². The van der Waals surface area contributed by atoms with Crippen molar-refractivity contribution in [3.63, 3.8) is 0 Å². The van der Waals surface area contributed by atoms with E-state index in [0.29, 0.717) is 12.3 Å². The maximum atomic E-state index is 11.8. The summed E-state index contributed by atoms with van der Waals surface area (Å²) in [7, 11) is 0. The van der Waals surface area contributed by atoms with Crippen molar-refractivity contribution in [2.45, 2.75) is 58.8 Å². The summed E-state index contributed by atoms with van der Waals surface area (Å²) < 4.78 is 28.2. The first-order valence-corrected chi connectivity index (χ1v) is 6.47. The third-order valence-corrected chi connectivity index (χ3v) is 2.83. The van der Waals surface area contributed by atoms with Gasteiger partial charge in [0.2, 0.25) is 0 Å². The molecule has 102 valence electrons. The molecule has 0 aliphatic heterocycles. The number of ether oxygens (including phenoxy) is 1. The molecule has 0 heterocycles. The second kappa shape index (κ2) is 10.6. The van der Waals surface area contributed by atoms with Crippen LogP contribution in [0.25, 0.3) is 0 Å². The molecule has 4 heteroatoms. The summed E-state index contributed by atoms with van der Waals surface area (Å²) in [4.78, 5) is 11.6.